The van der Waals surface area contributed by atoms with E-state index in [1.807, 2.05) is 13.8 Å². The summed E-state index contributed by atoms with van der Waals surface area (Å²) in [5, 5.41) is 15.4. The van der Waals surface area contributed by atoms with Gasteiger partial charge in [-0.05, 0) is 50.2 Å². The van der Waals surface area contributed by atoms with Crippen LogP contribution in [-0.2, 0) is 10.0 Å². The van der Waals surface area contributed by atoms with Gasteiger partial charge in [-0.2, -0.15) is 4.31 Å². The Kier molecular flexibility index (Phi) is 9.00. The molecule has 0 unspecified atom stereocenters. The summed E-state index contributed by atoms with van der Waals surface area (Å²) in [7, 11) is -2.38. The van der Waals surface area contributed by atoms with Crippen molar-refractivity contribution in [1.82, 2.24) is 9.21 Å². The maximum Gasteiger partial charge on any atom is 0.323 e. The maximum absolute atomic E-state index is 13.7. The van der Waals surface area contributed by atoms with E-state index in [1.165, 1.54) is 11.4 Å². The van der Waals surface area contributed by atoms with Gasteiger partial charge in [0, 0.05) is 31.3 Å². The van der Waals surface area contributed by atoms with E-state index in [0.29, 0.717) is 17.2 Å². The molecule has 0 spiro atoms. The van der Waals surface area contributed by atoms with Gasteiger partial charge in [-0.3, -0.25) is 4.79 Å². The van der Waals surface area contributed by atoms with Crippen molar-refractivity contribution in [3.8, 4) is 17.2 Å². The number of aliphatic hydroxyl groups excluding tert-OH is 1. The number of hydrogen-bond acceptors (Lipinski definition) is 8. The molecule has 12 nitrogen and oxygen atoms in total. The van der Waals surface area contributed by atoms with E-state index in [4.69, 9.17) is 14.2 Å². The molecule has 5 rings (SSSR count). The van der Waals surface area contributed by atoms with Crippen molar-refractivity contribution in [2.24, 2.45) is 5.92 Å². The normalized spacial score (nSPS) is 18.6. The zero-order valence-corrected chi connectivity index (χ0v) is 25.8. The van der Waals surface area contributed by atoms with Gasteiger partial charge in [0.2, 0.25) is 16.8 Å². The number of amides is 3. The molecule has 0 aromatic heterocycles. The average molecular weight is 625 g/mol. The summed E-state index contributed by atoms with van der Waals surface area (Å²) in [4.78, 5) is 28.5. The number of carbonyl (C=O) groups excluding carboxylic acids is 2. The minimum Gasteiger partial charge on any atom is -0.486 e. The van der Waals surface area contributed by atoms with Crippen LogP contribution in [0.15, 0.2) is 65.6 Å². The summed E-state index contributed by atoms with van der Waals surface area (Å²) in [5.74, 6) is 0.440. The summed E-state index contributed by atoms with van der Waals surface area (Å²) >= 11 is 0. The number of anilines is 2. The number of nitrogens with zero attached hydrogens (tertiary/aromatic N) is 2. The van der Waals surface area contributed by atoms with Crippen molar-refractivity contribution in [2.45, 2.75) is 37.8 Å². The molecule has 0 saturated carbocycles. The van der Waals surface area contributed by atoms with Gasteiger partial charge in [0.05, 0.1) is 35.3 Å². The van der Waals surface area contributed by atoms with E-state index in [2.05, 4.69) is 10.6 Å². The van der Waals surface area contributed by atoms with Crippen LogP contribution in [0.1, 0.15) is 29.8 Å². The Morgan fingerprint density at radius 1 is 1.09 bits per heavy atom. The molecule has 3 amide bonds. The second-order valence-corrected chi connectivity index (χ2v) is 13.1. The van der Waals surface area contributed by atoms with E-state index in [9.17, 15) is 23.1 Å². The van der Waals surface area contributed by atoms with Crippen LogP contribution >= 0.6 is 0 Å². The summed E-state index contributed by atoms with van der Waals surface area (Å²) in [6.45, 7) is 5.47. The van der Waals surface area contributed by atoms with Crippen molar-refractivity contribution in [3.63, 3.8) is 0 Å². The summed E-state index contributed by atoms with van der Waals surface area (Å²) < 4.78 is 45.3. The Labute approximate surface area is 256 Å². The number of urea groups is 1. The van der Waals surface area contributed by atoms with Crippen LogP contribution in [-0.4, -0.2) is 80.4 Å². The molecule has 0 bridgehead atoms. The lowest BCUT2D eigenvalue weighted by Crippen LogP contribution is -2.50. The van der Waals surface area contributed by atoms with Gasteiger partial charge in [0.1, 0.15) is 6.10 Å². The first-order valence-electron chi connectivity index (χ1n) is 14.2. The number of carbonyl (C=O) groups is 2. The molecule has 0 radical (unpaired) electrons. The van der Waals surface area contributed by atoms with Gasteiger partial charge in [0.25, 0.3) is 5.91 Å². The van der Waals surface area contributed by atoms with E-state index in [1.54, 1.807) is 72.5 Å². The number of ether oxygens (including phenoxy) is 3. The van der Waals surface area contributed by atoms with E-state index in [-0.39, 0.29) is 60.2 Å². The first kappa shape index (κ1) is 31.1. The van der Waals surface area contributed by atoms with Crippen LogP contribution in [0.5, 0.6) is 17.2 Å². The third-order valence-electron chi connectivity index (χ3n) is 7.74. The number of fused-ring (bicyclic) bond motifs is 2. The Morgan fingerprint density at radius 3 is 2.55 bits per heavy atom. The topological polar surface area (TPSA) is 147 Å². The number of nitrogens with one attached hydrogen (secondary N) is 2. The molecule has 0 fully saturated rings. The fourth-order valence-corrected chi connectivity index (χ4v) is 6.24. The molecule has 3 aromatic rings. The van der Waals surface area contributed by atoms with Crippen LogP contribution in [0.2, 0.25) is 0 Å². The highest BCUT2D eigenvalue weighted by molar-refractivity contribution is 7.89. The second-order valence-electron chi connectivity index (χ2n) is 11.1. The molecular formula is C31H36N4O8S. The number of benzene rings is 3. The third-order valence-corrected chi connectivity index (χ3v) is 9.57. The average Bonchev–Trinajstić information content (AvgIpc) is 3.47. The molecule has 13 heteroatoms. The number of hydrogen-bond donors (Lipinski definition) is 3. The van der Waals surface area contributed by atoms with Gasteiger partial charge in [0.15, 0.2) is 17.2 Å². The monoisotopic (exact) mass is 624 g/mol. The minimum atomic E-state index is -3.86. The van der Waals surface area contributed by atoms with Gasteiger partial charge in [-0.15, -0.1) is 0 Å². The quantitative estimate of drug-likeness (QED) is 0.342. The van der Waals surface area contributed by atoms with Crippen molar-refractivity contribution < 1.29 is 37.3 Å². The van der Waals surface area contributed by atoms with Crippen LogP contribution in [0, 0.1) is 12.8 Å². The minimum absolute atomic E-state index is 0.0376. The van der Waals surface area contributed by atoms with Crippen LogP contribution in [0.4, 0.5) is 16.2 Å². The van der Waals surface area contributed by atoms with E-state index >= 15 is 0 Å². The predicted octanol–water partition coefficient (Wildman–Crippen LogP) is 3.91. The standard InChI is InChI=1S/C31H36N4O8S/c1-19-8-11-23(12-9-19)44(39,40)34(4)16-28-20(2)15-35(21(3)17-36)30(37)24-6-5-7-25(29(24)43-28)33-31(38)32-22-10-13-26-27(14-22)42-18-41-26/h5-14,20-21,28,36H,15-18H2,1-4H3,(H2,32,33,38)/t20-,21-,28+/m0/s1. The molecule has 2 heterocycles. The highest BCUT2D eigenvalue weighted by Crippen LogP contribution is 2.36. The summed E-state index contributed by atoms with van der Waals surface area (Å²) in [5.41, 5.74) is 1.78. The number of aliphatic hydroxyl groups is 1. The van der Waals surface area contributed by atoms with Crippen molar-refractivity contribution in [3.05, 3.63) is 71.8 Å². The third kappa shape index (κ3) is 6.44. The van der Waals surface area contributed by atoms with E-state index in [0.717, 1.165) is 5.56 Å². The molecule has 234 valence electrons. The van der Waals surface area contributed by atoms with Gasteiger partial charge in [-0.1, -0.05) is 30.7 Å². The van der Waals surface area contributed by atoms with Crippen molar-refractivity contribution in [2.75, 3.05) is 44.2 Å². The first-order valence-corrected chi connectivity index (χ1v) is 15.6. The molecule has 0 saturated heterocycles. The summed E-state index contributed by atoms with van der Waals surface area (Å²) in [6.07, 6.45) is -0.722. The van der Waals surface area contributed by atoms with Gasteiger partial charge >= 0.3 is 6.03 Å². The molecule has 3 atom stereocenters. The highest BCUT2D eigenvalue weighted by Gasteiger charge is 2.36. The zero-order valence-electron chi connectivity index (χ0n) is 24.9. The van der Waals surface area contributed by atoms with Gasteiger partial charge < -0.3 is 34.9 Å². The van der Waals surface area contributed by atoms with Crippen LogP contribution in [0.3, 0.4) is 0 Å². The fraction of sp³-hybridized carbons (Fsp3) is 0.355. The first-order chi connectivity index (χ1) is 21.0. The fourth-order valence-electron chi connectivity index (χ4n) is 5.06. The maximum atomic E-state index is 13.7. The Balaban J connectivity index is 1.45. The van der Waals surface area contributed by atoms with Crippen LogP contribution < -0.4 is 24.8 Å². The highest BCUT2D eigenvalue weighted by atomic mass is 32.2. The molecule has 2 aliphatic heterocycles. The number of rotatable bonds is 8. The smallest absolute Gasteiger partial charge is 0.323 e. The van der Waals surface area contributed by atoms with Crippen molar-refractivity contribution >= 4 is 33.3 Å². The predicted molar refractivity (Wildman–Crippen MR) is 164 cm³/mol. The molecule has 3 aromatic carbocycles. The lowest BCUT2D eigenvalue weighted by molar-refractivity contribution is 0.0389. The molecule has 44 heavy (non-hydrogen) atoms. The lowest BCUT2D eigenvalue weighted by atomic mass is 9.99. The number of sulfonamides is 1. The molecule has 2 aliphatic rings. The van der Waals surface area contributed by atoms with Crippen LogP contribution in [0.25, 0.3) is 0 Å². The van der Waals surface area contributed by atoms with Crippen molar-refractivity contribution in [1.29, 1.82) is 0 Å². The largest absolute Gasteiger partial charge is 0.486 e. The molecule has 3 N–H and O–H groups in total. The zero-order chi connectivity index (χ0) is 31.6. The van der Waals surface area contributed by atoms with E-state index < -0.39 is 28.2 Å². The summed E-state index contributed by atoms with van der Waals surface area (Å²) in [6, 6.07) is 15.2. The Bertz CT molecular complexity index is 1650. The second kappa shape index (κ2) is 12.7. The Morgan fingerprint density at radius 2 is 1.82 bits per heavy atom. The molecular weight excluding hydrogens is 588 g/mol. The Hall–Kier alpha value is -4.33. The number of likely N-dealkylation sites (N-methyl/N-ethyl adjacent to an activating group) is 1. The molecule has 0 aliphatic carbocycles. The lowest BCUT2D eigenvalue weighted by Gasteiger charge is -2.38. The van der Waals surface area contributed by atoms with Gasteiger partial charge in [-0.25, -0.2) is 13.2 Å². The SMILES string of the molecule is Cc1ccc(S(=O)(=O)N(C)C[C@H]2Oc3c(NC(=O)Nc4ccc5c(c4)OCO5)cccc3C(=O)N([C@@H](C)CO)C[C@@H]2C)cc1. The number of aryl methyl sites for hydroxylation is 1. The number of para-hydroxylation sites is 1.